The second kappa shape index (κ2) is 7.81. The molecule has 0 radical (unpaired) electrons. The second-order valence-electron chi connectivity index (χ2n) is 7.90. The van der Waals surface area contributed by atoms with Gasteiger partial charge < -0.3 is 9.80 Å². The summed E-state index contributed by atoms with van der Waals surface area (Å²) in [6.45, 7) is 4.09. The molecular formula is C26H25N3O. The second-order valence-corrected chi connectivity index (χ2v) is 7.90. The van der Waals surface area contributed by atoms with E-state index in [0.717, 1.165) is 54.3 Å². The van der Waals surface area contributed by atoms with Crippen molar-refractivity contribution < 1.29 is 4.79 Å². The number of carbonyl (C=O) groups excluding carboxylic acids is 1. The van der Waals surface area contributed by atoms with Crippen LogP contribution in [0.2, 0.25) is 0 Å². The lowest BCUT2D eigenvalue weighted by atomic mass is 10.0. The molecule has 5 rings (SSSR count). The van der Waals surface area contributed by atoms with Gasteiger partial charge in [-0.15, -0.1) is 0 Å². The smallest absolute Gasteiger partial charge is 0.263 e. The third-order valence-electron chi connectivity index (χ3n) is 5.96. The Kier molecular flexibility index (Phi) is 4.85. The maximum atomic E-state index is 13.5. The molecule has 0 saturated carbocycles. The van der Waals surface area contributed by atoms with Crippen LogP contribution in [0, 0.1) is 0 Å². The number of hydrogen-bond acceptors (Lipinski definition) is 3. The predicted octanol–water partition coefficient (Wildman–Crippen LogP) is 4.66. The highest BCUT2D eigenvalue weighted by Gasteiger charge is 2.33. The maximum Gasteiger partial charge on any atom is 0.263 e. The van der Waals surface area contributed by atoms with E-state index in [1.54, 1.807) is 0 Å². The Morgan fingerprint density at radius 3 is 2.13 bits per heavy atom. The number of nitrogens with zero attached hydrogens (tertiary/aromatic N) is 3. The van der Waals surface area contributed by atoms with Crippen LogP contribution in [0.5, 0.6) is 0 Å². The molecule has 3 aromatic carbocycles. The molecule has 0 aliphatic carbocycles. The highest BCUT2D eigenvalue weighted by molar-refractivity contribution is 6.38. The molecule has 0 atom stereocenters. The molecular weight excluding hydrogens is 370 g/mol. The highest BCUT2D eigenvalue weighted by Crippen LogP contribution is 2.42. The van der Waals surface area contributed by atoms with Gasteiger partial charge in [0.25, 0.3) is 5.91 Å². The van der Waals surface area contributed by atoms with Gasteiger partial charge in [-0.2, -0.15) is 0 Å². The van der Waals surface area contributed by atoms with E-state index >= 15 is 0 Å². The lowest BCUT2D eigenvalue weighted by Gasteiger charge is -2.35. The molecule has 2 aliphatic heterocycles. The number of rotatable bonds is 3. The lowest BCUT2D eigenvalue weighted by molar-refractivity contribution is -0.112. The van der Waals surface area contributed by atoms with Crippen molar-refractivity contribution in [2.75, 3.05) is 43.0 Å². The van der Waals surface area contributed by atoms with E-state index in [1.165, 1.54) is 5.69 Å². The zero-order chi connectivity index (χ0) is 20.5. The van der Waals surface area contributed by atoms with Gasteiger partial charge in [-0.05, 0) is 43.0 Å². The summed E-state index contributed by atoms with van der Waals surface area (Å²) < 4.78 is 0. The summed E-state index contributed by atoms with van der Waals surface area (Å²) in [5, 5.41) is 0. The van der Waals surface area contributed by atoms with Gasteiger partial charge in [0.2, 0.25) is 0 Å². The van der Waals surface area contributed by atoms with Gasteiger partial charge in [0.1, 0.15) is 0 Å². The first kappa shape index (κ1) is 18.6. The molecule has 0 unspecified atom stereocenters. The normalized spacial score (nSPS) is 18.2. The van der Waals surface area contributed by atoms with Crippen molar-refractivity contribution in [1.82, 2.24) is 4.90 Å². The molecule has 4 heteroatoms. The molecule has 3 aromatic rings. The van der Waals surface area contributed by atoms with Gasteiger partial charge in [-0.1, -0.05) is 54.6 Å². The first-order valence-electron chi connectivity index (χ1n) is 10.5. The molecule has 1 saturated heterocycles. The standard InChI is InChI=1S/C26H25N3O/c1-27-15-17-28(18-16-27)24-13-7-5-9-20(24)19-23-22-12-6-8-14-25(22)29(26(23)30)21-10-3-2-4-11-21/h2-14,19H,15-18H2,1H3. The minimum Gasteiger partial charge on any atom is -0.368 e. The molecule has 1 fully saturated rings. The zero-order valence-corrected chi connectivity index (χ0v) is 17.2. The van der Waals surface area contributed by atoms with E-state index in [9.17, 15) is 4.79 Å². The van der Waals surface area contributed by atoms with Crippen LogP contribution < -0.4 is 9.80 Å². The van der Waals surface area contributed by atoms with Gasteiger partial charge in [-0.25, -0.2) is 0 Å². The quantitative estimate of drug-likeness (QED) is 0.604. The van der Waals surface area contributed by atoms with Crippen LogP contribution in [0.15, 0.2) is 78.9 Å². The number of para-hydroxylation sites is 3. The van der Waals surface area contributed by atoms with Crippen molar-refractivity contribution in [3.05, 3.63) is 90.0 Å². The van der Waals surface area contributed by atoms with Crippen molar-refractivity contribution in [3.63, 3.8) is 0 Å². The van der Waals surface area contributed by atoms with Crippen LogP contribution >= 0.6 is 0 Å². The number of amides is 1. The Morgan fingerprint density at radius 2 is 1.37 bits per heavy atom. The largest absolute Gasteiger partial charge is 0.368 e. The Labute approximate surface area is 177 Å². The van der Waals surface area contributed by atoms with E-state index in [-0.39, 0.29) is 5.91 Å². The monoisotopic (exact) mass is 395 g/mol. The SMILES string of the molecule is CN1CCN(c2ccccc2C=C2C(=O)N(c3ccccc3)c3ccccc32)CC1. The Balaban J connectivity index is 1.58. The number of fused-ring (bicyclic) bond motifs is 1. The van der Waals surface area contributed by atoms with Crippen molar-refractivity contribution in [2.45, 2.75) is 0 Å². The van der Waals surface area contributed by atoms with E-state index in [0.29, 0.717) is 0 Å². The Hall–Kier alpha value is -3.37. The molecule has 1 amide bonds. The number of piperazine rings is 1. The van der Waals surface area contributed by atoms with Crippen LogP contribution in [0.3, 0.4) is 0 Å². The number of likely N-dealkylation sites (N-methyl/N-ethyl adjacent to an activating group) is 1. The van der Waals surface area contributed by atoms with Gasteiger partial charge in [-0.3, -0.25) is 9.69 Å². The van der Waals surface area contributed by atoms with Crippen LogP contribution in [0.4, 0.5) is 17.1 Å². The van der Waals surface area contributed by atoms with Crippen LogP contribution in [0.25, 0.3) is 11.6 Å². The first-order chi connectivity index (χ1) is 14.7. The van der Waals surface area contributed by atoms with Crippen LogP contribution in [-0.4, -0.2) is 44.0 Å². The van der Waals surface area contributed by atoms with Gasteiger partial charge in [0.15, 0.2) is 0 Å². The summed E-state index contributed by atoms with van der Waals surface area (Å²) in [6.07, 6.45) is 2.07. The van der Waals surface area contributed by atoms with Crippen LogP contribution in [-0.2, 0) is 4.79 Å². The van der Waals surface area contributed by atoms with Crippen molar-refractivity contribution in [2.24, 2.45) is 0 Å². The van der Waals surface area contributed by atoms with Gasteiger partial charge >= 0.3 is 0 Å². The van der Waals surface area contributed by atoms with Gasteiger partial charge in [0.05, 0.1) is 11.3 Å². The van der Waals surface area contributed by atoms with E-state index < -0.39 is 0 Å². The number of carbonyl (C=O) groups is 1. The minimum atomic E-state index is 0.0237. The highest BCUT2D eigenvalue weighted by atomic mass is 16.2. The molecule has 0 N–H and O–H groups in total. The first-order valence-corrected chi connectivity index (χ1v) is 10.5. The minimum absolute atomic E-state index is 0.0237. The fourth-order valence-electron chi connectivity index (χ4n) is 4.31. The number of benzene rings is 3. The molecule has 0 bridgehead atoms. The fraction of sp³-hybridized carbons (Fsp3) is 0.192. The van der Waals surface area contributed by atoms with Crippen molar-refractivity contribution >= 4 is 34.6 Å². The lowest BCUT2D eigenvalue weighted by Crippen LogP contribution is -2.44. The summed E-state index contributed by atoms with van der Waals surface area (Å²) in [5.41, 5.74) is 5.86. The molecule has 30 heavy (non-hydrogen) atoms. The predicted molar refractivity (Wildman–Crippen MR) is 124 cm³/mol. The number of hydrogen-bond donors (Lipinski definition) is 0. The molecule has 0 spiro atoms. The average molecular weight is 396 g/mol. The Bertz CT molecular complexity index is 1100. The fourth-order valence-corrected chi connectivity index (χ4v) is 4.31. The van der Waals surface area contributed by atoms with E-state index in [1.807, 2.05) is 65.6 Å². The maximum absolute atomic E-state index is 13.5. The van der Waals surface area contributed by atoms with Crippen LogP contribution in [0.1, 0.15) is 11.1 Å². The summed E-state index contributed by atoms with van der Waals surface area (Å²) in [6, 6.07) is 26.3. The van der Waals surface area contributed by atoms with E-state index in [2.05, 4.69) is 41.1 Å². The third-order valence-corrected chi connectivity index (χ3v) is 5.96. The Morgan fingerprint density at radius 1 is 0.733 bits per heavy atom. The average Bonchev–Trinajstić information content (AvgIpc) is 3.07. The number of anilines is 3. The summed E-state index contributed by atoms with van der Waals surface area (Å²) in [7, 11) is 2.16. The molecule has 2 aliphatic rings. The van der Waals surface area contributed by atoms with E-state index in [4.69, 9.17) is 0 Å². The topological polar surface area (TPSA) is 26.8 Å². The molecule has 2 heterocycles. The van der Waals surface area contributed by atoms with Gasteiger partial charge in [0, 0.05) is 43.1 Å². The molecule has 4 nitrogen and oxygen atoms in total. The molecule has 0 aromatic heterocycles. The third kappa shape index (κ3) is 3.29. The summed E-state index contributed by atoms with van der Waals surface area (Å²) in [5.74, 6) is 0.0237. The molecule has 150 valence electrons. The van der Waals surface area contributed by atoms with Crippen molar-refractivity contribution in [3.8, 4) is 0 Å². The van der Waals surface area contributed by atoms with Crippen molar-refractivity contribution in [1.29, 1.82) is 0 Å². The zero-order valence-electron chi connectivity index (χ0n) is 17.2. The summed E-state index contributed by atoms with van der Waals surface area (Å²) >= 11 is 0. The summed E-state index contributed by atoms with van der Waals surface area (Å²) in [4.78, 5) is 20.1.